The lowest BCUT2D eigenvalue weighted by atomic mass is 9.85. The molecule has 2 atom stereocenters. The van der Waals surface area contributed by atoms with Crippen molar-refractivity contribution in [3.8, 4) is 11.1 Å². The Balaban J connectivity index is 0.00000126. The van der Waals surface area contributed by atoms with Gasteiger partial charge in [-0.15, -0.1) is 0 Å². The number of nitrogens with zero attached hydrogens (tertiary/aromatic N) is 1. The fraction of sp³-hybridized carbons (Fsp3) is 0.564. The van der Waals surface area contributed by atoms with Crippen LogP contribution in [0, 0.1) is 17.7 Å². The molecule has 2 aliphatic rings. The third-order valence-electron chi connectivity index (χ3n) is 7.91. The van der Waals surface area contributed by atoms with E-state index >= 15 is 4.39 Å². The quantitative estimate of drug-likeness (QED) is 0.322. The summed E-state index contributed by atoms with van der Waals surface area (Å²) in [5.41, 5.74) is 4.52. The van der Waals surface area contributed by atoms with E-state index < -0.39 is 17.6 Å². The van der Waals surface area contributed by atoms with Gasteiger partial charge in [0.1, 0.15) is 5.82 Å². The second-order valence-electron chi connectivity index (χ2n) is 11.0. The molecule has 1 heterocycles. The summed E-state index contributed by atoms with van der Waals surface area (Å²) in [5.74, 6) is -0.553. The number of nitrogens with one attached hydrogen (secondary N) is 2. The number of hydrogen-bond donors (Lipinski definition) is 2. The molecule has 0 bridgehead atoms. The largest absolute Gasteiger partial charge is 0.361 e. The predicted octanol–water partition coefficient (Wildman–Crippen LogP) is 11.8. The molecular weight excluding hydrogens is 561 g/mol. The Hall–Kier alpha value is -3.28. The zero-order chi connectivity index (χ0) is 34.5. The van der Waals surface area contributed by atoms with Gasteiger partial charge in [-0.1, -0.05) is 120 Å². The molecule has 2 amide bonds. The Morgan fingerprint density at radius 1 is 1.04 bits per heavy atom. The van der Waals surface area contributed by atoms with Crippen LogP contribution in [-0.2, 0) is 11.2 Å². The highest BCUT2D eigenvalue weighted by atomic mass is 19.1. The van der Waals surface area contributed by atoms with Crippen molar-refractivity contribution >= 4 is 29.4 Å². The summed E-state index contributed by atoms with van der Waals surface area (Å²) in [6.45, 7) is 25.5. The zero-order valence-electron chi connectivity index (χ0n) is 30.2. The van der Waals surface area contributed by atoms with Gasteiger partial charge in [-0.25, -0.2) is 4.39 Å². The molecule has 0 spiro atoms. The standard InChI is InChI=1S/C26H30FN3O2.C7H14.3C2H6/c1-6-15(4)23-20(18-9-10-19-11-17(7-2)14-29-22(19)12-18)13-21(27)24(25(23)28-8-3)26(32)30-16(5)31;1-7-5-3-2-4-6-7;3*1-2/h8-10,12-15,17,28H,3,6-7,11H2,1-2,4-5H3,(H,30,31,32);7H,2-6H2,1H3;3*1-2H3/t15-,17?;;;;/m1..../s1. The van der Waals surface area contributed by atoms with E-state index in [0.29, 0.717) is 17.2 Å². The van der Waals surface area contributed by atoms with Gasteiger partial charge in [0.05, 0.1) is 16.9 Å². The van der Waals surface area contributed by atoms with Crippen LogP contribution in [0.3, 0.4) is 0 Å². The molecule has 1 aliphatic carbocycles. The van der Waals surface area contributed by atoms with Crippen molar-refractivity contribution in [3.63, 3.8) is 0 Å². The van der Waals surface area contributed by atoms with Crippen molar-refractivity contribution in [1.82, 2.24) is 5.32 Å². The van der Waals surface area contributed by atoms with Crippen molar-refractivity contribution in [2.24, 2.45) is 16.8 Å². The normalized spacial score (nSPS) is 15.4. The van der Waals surface area contributed by atoms with E-state index in [1.54, 1.807) is 0 Å². The molecule has 252 valence electrons. The Kier molecular flexibility index (Phi) is 21.4. The second-order valence-corrected chi connectivity index (χ2v) is 11.0. The molecule has 0 saturated heterocycles. The van der Waals surface area contributed by atoms with Crippen LogP contribution >= 0.6 is 0 Å². The molecule has 0 radical (unpaired) electrons. The molecule has 45 heavy (non-hydrogen) atoms. The predicted molar refractivity (Wildman–Crippen MR) is 194 cm³/mol. The fourth-order valence-electron chi connectivity index (χ4n) is 5.42. The van der Waals surface area contributed by atoms with Crippen LogP contribution in [0.4, 0.5) is 15.8 Å². The van der Waals surface area contributed by atoms with Crippen molar-refractivity contribution in [2.75, 3.05) is 5.32 Å². The van der Waals surface area contributed by atoms with E-state index in [4.69, 9.17) is 0 Å². The first-order chi connectivity index (χ1) is 21.7. The van der Waals surface area contributed by atoms with Gasteiger partial charge in [0.2, 0.25) is 5.91 Å². The van der Waals surface area contributed by atoms with Crippen LogP contribution < -0.4 is 10.6 Å². The lowest BCUT2D eigenvalue weighted by molar-refractivity contribution is -0.118. The molecule has 1 saturated carbocycles. The average Bonchev–Trinajstić information content (AvgIpc) is 3.07. The number of benzene rings is 2. The molecule has 1 unspecified atom stereocenters. The molecule has 1 fully saturated rings. The fourth-order valence-corrected chi connectivity index (χ4v) is 5.42. The number of fused-ring (bicyclic) bond motifs is 1. The number of carbonyl (C=O) groups excluding carboxylic acids is 2. The Morgan fingerprint density at radius 3 is 2.16 bits per heavy atom. The van der Waals surface area contributed by atoms with Gasteiger partial charge < -0.3 is 5.32 Å². The summed E-state index contributed by atoms with van der Waals surface area (Å²) in [5, 5.41) is 5.14. The first-order valence-corrected chi connectivity index (χ1v) is 17.4. The number of anilines is 1. The highest BCUT2D eigenvalue weighted by Gasteiger charge is 2.27. The van der Waals surface area contributed by atoms with Crippen LogP contribution in [0.2, 0.25) is 0 Å². The maximum absolute atomic E-state index is 15.3. The SMILES string of the molecule is C=CNc1c(C(=O)NC(C)=O)c(F)cc(-c2ccc3c(c2)N=CC(CC)C3)c1[C@H](C)CC.CC.CC.CC.CC1CCCCC1. The minimum atomic E-state index is -0.781. The van der Waals surface area contributed by atoms with Crippen LogP contribution in [0.15, 0.2) is 42.0 Å². The Morgan fingerprint density at radius 2 is 1.67 bits per heavy atom. The third kappa shape index (κ3) is 12.6. The van der Waals surface area contributed by atoms with Gasteiger partial charge in [0.25, 0.3) is 5.91 Å². The van der Waals surface area contributed by atoms with Crippen molar-refractivity contribution in [3.05, 3.63) is 59.6 Å². The molecule has 4 rings (SSSR count). The van der Waals surface area contributed by atoms with Crippen LogP contribution in [0.5, 0.6) is 0 Å². The molecule has 0 aromatic heterocycles. The maximum atomic E-state index is 15.3. The van der Waals surface area contributed by atoms with Crippen molar-refractivity contribution in [1.29, 1.82) is 0 Å². The molecule has 1 aliphatic heterocycles. The first kappa shape index (κ1) is 41.7. The van der Waals surface area contributed by atoms with Crippen LogP contribution in [0.1, 0.15) is 149 Å². The summed E-state index contributed by atoms with van der Waals surface area (Å²) >= 11 is 0. The molecule has 2 N–H and O–H groups in total. The Labute approximate surface area is 274 Å². The van der Waals surface area contributed by atoms with Gasteiger partial charge in [-0.2, -0.15) is 0 Å². The Bertz CT molecular complexity index is 1220. The number of halogens is 1. The van der Waals surface area contributed by atoms with Gasteiger partial charge >= 0.3 is 0 Å². The first-order valence-electron chi connectivity index (χ1n) is 17.4. The maximum Gasteiger partial charge on any atom is 0.262 e. The van der Waals surface area contributed by atoms with Crippen molar-refractivity contribution in [2.45, 2.75) is 133 Å². The van der Waals surface area contributed by atoms with Gasteiger partial charge in [-0.3, -0.25) is 19.9 Å². The monoisotopic (exact) mass is 623 g/mol. The summed E-state index contributed by atoms with van der Waals surface area (Å²) in [7, 11) is 0. The third-order valence-corrected chi connectivity index (χ3v) is 7.91. The zero-order valence-corrected chi connectivity index (χ0v) is 30.2. The molecule has 2 aromatic rings. The highest BCUT2D eigenvalue weighted by Crippen LogP contribution is 2.42. The van der Waals surface area contributed by atoms with Gasteiger partial charge in [-0.05, 0) is 77.6 Å². The van der Waals surface area contributed by atoms with Crippen molar-refractivity contribution < 1.29 is 14.0 Å². The topological polar surface area (TPSA) is 70.6 Å². The number of rotatable bonds is 7. The number of aliphatic imine (C=N–C) groups is 1. The summed E-state index contributed by atoms with van der Waals surface area (Å²) in [6.07, 6.45) is 13.6. The minimum absolute atomic E-state index is 0.0148. The smallest absolute Gasteiger partial charge is 0.262 e. The number of imide groups is 1. The summed E-state index contributed by atoms with van der Waals surface area (Å²) in [4.78, 5) is 28.7. The number of amides is 2. The van der Waals surface area contributed by atoms with Crippen LogP contribution in [0.25, 0.3) is 11.1 Å². The van der Waals surface area contributed by atoms with Gasteiger partial charge in [0, 0.05) is 13.1 Å². The number of hydrogen-bond acceptors (Lipinski definition) is 4. The minimum Gasteiger partial charge on any atom is -0.361 e. The van der Waals surface area contributed by atoms with E-state index in [0.717, 1.165) is 42.0 Å². The molecule has 5 nitrogen and oxygen atoms in total. The molecule has 6 heteroatoms. The second kappa shape index (κ2) is 23.1. The summed E-state index contributed by atoms with van der Waals surface area (Å²) in [6, 6.07) is 7.40. The van der Waals surface area contributed by atoms with E-state index in [-0.39, 0.29) is 11.5 Å². The van der Waals surface area contributed by atoms with E-state index in [9.17, 15) is 9.59 Å². The lowest BCUT2D eigenvalue weighted by Gasteiger charge is -2.24. The molecule has 2 aromatic carbocycles. The average molecular weight is 624 g/mol. The highest BCUT2D eigenvalue weighted by molar-refractivity contribution is 6.09. The van der Waals surface area contributed by atoms with E-state index in [2.05, 4.69) is 42.1 Å². The van der Waals surface area contributed by atoms with Gasteiger partial charge in [0.15, 0.2) is 0 Å². The number of carbonyl (C=O) groups is 2. The lowest BCUT2D eigenvalue weighted by Crippen LogP contribution is -2.30. The summed E-state index contributed by atoms with van der Waals surface area (Å²) < 4.78 is 15.3. The van der Waals surface area contributed by atoms with Crippen LogP contribution in [-0.4, -0.2) is 18.0 Å². The molecular formula is C39H62FN3O2. The van der Waals surface area contributed by atoms with E-state index in [1.165, 1.54) is 56.9 Å². The van der Waals surface area contributed by atoms with E-state index in [1.807, 2.05) is 73.7 Å².